The Hall–Kier alpha value is -1.32. The van der Waals surface area contributed by atoms with Gasteiger partial charge in [0.2, 0.25) is 0 Å². The lowest BCUT2D eigenvalue weighted by Gasteiger charge is -2.15. The van der Waals surface area contributed by atoms with Crippen LogP contribution in [-0.4, -0.2) is 37.9 Å². The molecule has 0 aromatic heterocycles. The molecule has 4 N–H and O–H groups in total. The van der Waals surface area contributed by atoms with Crippen LogP contribution >= 0.6 is 15.9 Å². The van der Waals surface area contributed by atoms with E-state index in [-0.39, 0.29) is 17.1 Å². The highest BCUT2D eigenvalue weighted by Gasteiger charge is 2.17. The van der Waals surface area contributed by atoms with Crippen LogP contribution in [0.4, 0.5) is 5.69 Å². The highest BCUT2D eigenvalue weighted by molar-refractivity contribution is 9.10. The summed E-state index contributed by atoms with van der Waals surface area (Å²) in [5.41, 5.74) is 5.99. The number of amidine groups is 1. The first-order valence-corrected chi connectivity index (χ1v) is 6.99. The van der Waals surface area contributed by atoms with E-state index in [0.717, 1.165) is 4.31 Å². The number of anilines is 1. The highest BCUT2D eigenvalue weighted by Crippen LogP contribution is 2.22. The SMILES string of the molecule is CN(C)S(=O)(=O)Nc1ccc(Br)cc1/C(N)=N/O. The van der Waals surface area contributed by atoms with Crippen molar-refractivity contribution in [1.29, 1.82) is 0 Å². The molecule has 9 heteroatoms. The van der Waals surface area contributed by atoms with E-state index >= 15 is 0 Å². The molecule has 0 atom stereocenters. The normalized spacial score (nSPS) is 12.8. The van der Waals surface area contributed by atoms with Crippen molar-refractivity contribution >= 4 is 37.7 Å². The van der Waals surface area contributed by atoms with Crippen LogP contribution in [-0.2, 0) is 10.2 Å². The van der Waals surface area contributed by atoms with Gasteiger partial charge in [-0.25, -0.2) is 0 Å². The van der Waals surface area contributed by atoms with Crippen LogP contribution in [0.3, 0.4) is 0 Å². The Morgan fingerprint density at radius 2 is 2.11 bits per heavy atom. The van der Waals surface area contributed by atoms with Crippen molar-refractivity contribution in [2.24, 2.45) is 10.9 Å². The number of rotatable bonds is 4. The zero-order valence-corrected chi connectivity index (χ0v) is 12.2. The van der Waals surface area contributed by atoms with Gasteiger partial charge in [0.1, 0.15) is 0 Å². The number of nitrogens with one attached hydrogen (secondary N) is 1. The summed E-state index contributed by atoms with van der Waals surface area (Å²) in [5, 5.41) is 11.5. The summed E-state index contributed by atoms with van der Waals surface area (Å²) < 4.78 is 27.4. The molecule has 0 aliphatic heterocycles. The molecule has 1 rings (SSSR count). The standard InChI is InChI=1S/C9H13BrN4O3S/c1-14(2)18(16,17)13-8-4-3-6(10)5-7(8)9(11)12-15/h3-5,13,15H,1-2H3,(H2,11,12). The third-order valence-corrected chi connectivity index (χ3v) is 4.02. The third kappa shape index (κ3) is 3.34. The first-order chi connectivity index (χ1) is 8.27. The largest absolute Gasteiger partial charge is 0.409 e. The lowest BCUT2D eigenvalue weighted by atomic mass is 10.2. The Labute approximate surface area is 114 Å². The Bertz CT molecular complexity index is 571. The number of halogens is 1. The van der Waals surface area contributed by atoms with Crippen LogP contribution in [0.15, 0.2) is 27.8 Å². The molecule has 0 radical (unpaired) electrons. The summed E-state index contributed by atoms with van der Waals surface area (Å²) >= 11 is 3.22. The molecule has 0 amide bonds. The van der Waals surface area contributed by atoms with Crippen LogP contribution in [0.2, 0.25) is 0 Å². The van der Waals surface area contributed by atoms with Crippen LogP contribution in [0.5, 0.6) is 0 Å². The number of oxime groups is 1. The summed E-state index contributed by atoms with van der Waals surface area (Å²) in [4.78, 5) is 0. The Kier molecular flexibility index (Phi) is 4.54. The van der Waals surface area contributed by atoms with Gasteiger partial charge in [0.25, 0.3) is 0 Å². The first-order valence-electron chi connectivity index (χ1n) is 4.75. The van der Waals surface area contributed by atoms with Gasteiger partial charge in [-0.1, -0.05) is 21.1 Å². The van der Waals surface area contributed by atoms with Gasteiger partial charge < -0.3 is 10.9 Å². The van der Waals surface area contributed by atoms with Gasteiger partial charge in [-0.3, -0.25) is 4.72 Å². The average molecular weight is 337 g/mol. The zero-order chi connectivity index (χ0) is 13.9. The van der Waals surface area contributed by atoms with E-state index in [9.17, 15) is 8.42 Å². The maximum Gasteiger partial charge on any atom is 0.301 e. The molecule has 1 aromatic rings. The third-order valence-electron chi connectivity index (χ3n) is 2.08. The van der Waals surface area contributed by atoms with E-state index in [1.54, 1.807) is 12.1 Å². The number of nitrogens with two attached hydrogens (primary N) is 1. The molecule has 100 valence electrons. The Morgan fingerprint density at radius 1 is 1.50 bits per heavy atom. The van der Waals surface area contributed by atoms with Gasteiger partial charge in [0.05, 0.1) is 5.69 Å². The number of benzene rings is 1. The quantitative estimate of drug-likeness (QED) is 0.326. The molecule has 0 unspecified atom stereocenters. The molecule has 0 bridgehead atoms. The molecule has 0 saturated carbocycles. The second-order valence-electron chi connectivity index (χ2n) is 3.56. The summed E-state index contributed by atoms with van der Waals surface area (Å²) in [7, 11) is -0.866. The van der Waals surface area contributed by atoms with Crippen molar-refractivity contribution in [2.45, 2.75) is 0 Å². The smallest absolute Gasteiger partial charge is 0.301 e. The van der Waals surface area contributed by atoms with Gasteiger partial charge in [0.15, 0.2) is 5.84 Å². The summed E-state index contributed by atoms with van der Waals surface area (Å²) in [6.45, 7) is 0. The van der Waals surface area contributed by atoms with Crippen LogP contribution in [0.1, 0.15) is 5.56 Å². The monoisotopic (exact) mass is 336 g/mol. The van der Waals surface area contributed by atoms with Gasteiger partial charge >= 0.3 is 10.2 Å². The van der Waals surface area contributed by atoms with Crippen molar-refractivity contribution < 1.29 is 13.6 Å². The van der Waals surface area contributed by atoms with E-state index in [1.807, 2.05) is 0 Å². The summed E-state index contributed by atoms with van der Waals surface area (Å²) in [5.74, 6) is -0.187. The number of hydrogen-bond acceptors (Lipinski definition) is 4. The lowest BCUT2D eigenvalue weighted by Crippen LogP contribution is -2.30. The number of hydrogen-bond donors (Lipinski definition) is 3. The molecule has 0 spiro atoms. The van der Waals surface area contributed by atoms with E-state index in [1.165, 1.54) is 20.2 Å². The van der Waals surface area contributed by atoms with Crippen LogP contribution in [0, 0.1) is 0 Å². The molecule has 1 aromatic carbocycles. The molecule has 7 nitrogen and oxygen atoms in total. The van der Waals surface area contributed by atoms with Crippen molar-refractivity contribution in [1.82, 2.24) is 4.31 Å². The van der Waals surface area contributed by atoms with E-state index < -0.39 is 10.2 Å². The van der Waals surface area contributed by atoms with Crippen molar-refractivity contribution in [3.8, 4) is 0 Å². The average Bonchev–Trinajstić information content (AvgIpc) is 2.30. The first kappa shape index (κ1) is 14.7. The molecule has 0 fully saturated rings. The van der Waals surface area contributed by atoms with Gasteiger partial charge in [0, 0.05) is 24.1 Å². The van der Waals surface area contributed by atoms with E-state index in [2.05, 4.69) is 25.8 Å². The van der Waals surface area contributed by atoms with Gasteiger partial charge in [-0.15, -0.1) is 0 Å². The minimum absolute atomic E-state index is 0.187. The van der Waals surface area contributed by atoms with Gasteiger partial charge in [-0.2, -0.15) is 12.7 Å². The second-order valence-corrected chi connectivity index (χ2v) is 6.36. The Morgan fingerprint density at radius 3 is 2.61 bits per heavy atom. The van der Waals surface area contributed by atoms with Crippen molar-refractivity contribution in [3.63, 3.8) is 0 Å². The summed E-state index contributed by atoms with van der Waals surface area (Å²) in [6.07, 6.45) is 0. The maximum absolute atomic E-state index is 11.7. The fourth-order valence-electron chi connectivity index (χ4n) is 1.10. The minimum atomic E-state index is -3.65. The predicted molar refractivity (Wildman–Crippen MR) is 72.9 cm³/mol. The molecular formula is C9H13BrN4O3S. The van der Waals surface area contributed by atoms with E-state index in [4.69, 9.17) is 10.9 Å². The molecule has 0 aliphatic rings. The lowest BCUT2D eigenvalue weighted by molar-refractivity contribution is 0.318. The predicted octanol–water partition coefficient (Wildman–Crippen LogP) is 0.762. The molecular weight excluding hydrogens is 324 g/mol. The second kappa shape index (κ2) is 5.55. The van der Waals surface area contributed by atoms with Gasteiger partial charge in [-0.05, 0) is 18.2 Å². The molecule has 0 aliphatic carbocycles. The topological polar surface area (TPSA) is 108 Å². The van der Waals surface area contributed by atoms with E-state index in [0.29, 0.717) is 4.47 Å². The zero-order valence-electron chi connectivity index (χ0n) is 9.75. The van der Waals surface area contributed by atoms with Crippen molar-refractivity contribution in [2.75, 3.05) is 18.8 Å². The fraction of sp³-hybridized carbons (Fsp3) is 0.222. The molecule has 18 heavy (non-hydrogen) atoms. The number of nitrogens with zero attached hydrogens (tertiary/aromatic N) is 2. The van der Waals surface area contributed by atoms with Crippen LogP contribution < -0.4 is 10.5 Å². The maximum atomic E-state index is 11.7. The summed E-state index contributed by atoms with van der Waals surface area (Å²) in [6, 6.07) is 4.70. The Balaban J connectivity index is 3.26. The fourth-order valence-corrected chi connectivity index (χ4v) is 2.10. The minimum Gasteiger partial charge on any atom is -0.409 e. The van der Waals surface area contributed by atoms with Crippen LogP contribution in [0.25, 0.3) is 0 Å². The highest BCUT2D eigenvalue weighted by atomic mass is 79.9. The molecule has 0 saturated heterocycles. The molecule has 0 heterocycles. The van der Waals surface area contributed by atoms with Crippen molar-refractivity contribution in [3.05, 3.63) is 28.2 Å².